The average molecular weight is 452 g/mol. The number of aromatic nitrogens is 1. The predicted octanol–water partition coefficient (Wildman–Crippen LogP) is 6.12. The molecule has 1 saturated carbocycles. The first-order valence-electron chi connectivity index (χ1n) is 11.2. The standard InChI is InChI=1S/C26H29NO4S/c1-16(2)18-11-10-17(3)13-23(18)31-25(28)15-30-26(29)20-14-22(24-9-6-12-32-24)27-21-8-5-4-7-19(20)21/h4-9,12,14,16-18,23H,10-11,13,15H2,1-3H3/t17-,18-,23-/m1/s1. The van der Waals surface area contributed by atoms with Gasteiger partial charge in [-0.15, -0.1) is 11.3 Å². The van der Waals surface area contributed by atoms with Crippen LogP contribution >= 0.6 is 11.3 Å². The second-order valence-electron chi connectivity index (χ2n) is 8.98. The van der Waals surface area contributed by atoms with Crippen molar-refractivity contribution in [1.82, 2.24) is 4.98 Å². The molecule has 5 nitrogen and oxygen atoms in total. The van der Waals surface area contributed by atoms with Crippen molar-refractivity contribution < 1.29 is 19.1 Å². The van der Waals surface area contributed by atoms with Gasteiger partial charge in [-0.25, -0.2) is 14.6 Å². The lowest BCUT2D eigenvalue weighted by molar-refractivity contribution is -0.159. The average Bonchev–Trinajstić information content (AvgIpc) is 3.31. The number of para-hydroxylation sites is 1. The summed E-state index contributed by atoms with van der Waals surface area (Å²) in [5.74, 6) is 0.296. The van der Waals surface area contributed by atoms with Gasteiger partial charge in [0.15, 0.2) is 6.61 Å². The third kappa shape index (κ3) is 5.01. The van der Waals surface area contributed by atoms with Gasteiger partial charge in [0.05, 0.1) is 21.7 Å². The first-order chi connectivity index (χ1) is 15.4. The molecule has 4 rings (SSSR count). The molecular formula is C26H29NO4S. The van der Waals surface area contributed by atoms with Gasteiger partial charge < -0.3 is 9.47 Å². The van der Waals surface area contributed by atoms with Crippen LogP contribution in [0.25, 0.3) is 21.5 Å². The number of pyridine rings is 1. The van der Waals surface area contributed by atoms with E-state index in [0.29, 0.717) is 39.9 Å². The van der Waals surface area contributed by atoms with Crippen molar-refractivity contribution in [3.05, 3.63) is 53.4 Å². The van der Waals surface area contributed by atoms with Crippen LogP contribution in [0.2, 0.25) is 0 Å². The van der Waals surface area contributed by atoms with E-state index in [4.69, 9.17) is 9.47 Å². The Kier molecular flexibility index (Phi) is 6.89. The summed E-state index contributed by atoms with van der Waals surface area (Å²) in [6, 6.07) is 13.1. The van der Waals surface area contributed by atoms with E-state index in [0.717, 1.165) is 24.1 Å². The molecule has 0 aliphatic heterocycles. The number of rotatable bonds is 6. The zero-order valence-corrected chi connectivity index (χ0v) is 19.6. The Balaban J connectivity index is 1.47. The highest BCUT2D eigenvalue weighted by molar-refractivity contribution is 7.13. The minimum atomic E-state index is -0.546. The molecule has 2 aromatic heterocycles. The van der Waals surface area contributed by atoms with E-state index >= 15 is 0 Å². The smallest absolute Gasteiger partial charge is 0.344 e. The fraction of sp³-hybridized carbons (Fsp3) is 0.423. The number of carbonyl (C=O) groups is 2. The molecule has 0 amide bonds. The molecule has 2 heterocycles. The molecule has 168 valence electrons. The fourth-order valence-electron chi connectivity index (χ4n) is 4.55. The third-order valence-electron chi connectivity index (χ3n) is 6.27. The summed E-state index contributed by atoms with van der Waals surface area (Å²) >= 11 is 1.56. The van der Waals surface area contributed by atoms with Crippen molar-refractivity contribution >= 4 is 34.2 Å². The lowest BCUT2D eigenvalue weighted by Gasteiger charge is -2.36. The van der Waals surface area contributed by atoms with Gasteiger partial charge in [0.25, 0.3) is 0 Å². The van der Waals surface area contributed by atoms with E-state index in [9.17, 15) is 9.59 Å². The van der Waals surface area contributed by atoms with Gasteiger partial charge in [-0.2, -0.15) is 0 Å². The Hall–Kier alpha value is -2.73. The van der Waals surface area contributed by atoms with Crippen molar-refractivity contribution in [2.75, 3.05) is 6.61 Å². The van der Waals surface area contributed by atoms with Crippen molar-refractivity contribution in [3.63, 3.8) is 0 Å². The number of carbonyl (C=O) groups excluding carboxylic acids is 2. The maximum Gasteiger partial charge on any atom is 0.344 e. The minimum absolute atomic E-state index is 0.114. The molecule has 1 aliphatic rings. The lowest BCUT2D eigenvalue weighted by Crippen LogP contribution is -2.36. The number of thiophene rings is 1. The van der Waals surface area contributed by atoms with E-state index in [1.807, 2.05) is 41.8 Å². The summed E-state index contributed by atoms with van der Waals surface area (Å²) < 4.78 is 11.2. The molecule has 3 atom stereocenters. The molecule has 0 unspecified atom stereocenters. The van der Waals surface area contributed by atoms with Crippen molar-refractivity contribution in [2.24, 2.45) is 17.8 Å². The number of hydrogen-bond donors (Lipinski definition) is 0. The third-order valence-corrected chi connectivity index (χ3v) is 7.17. The normalized spacial score (nSPS) is 20.9. The number of ether oxygens (including phenoxy) is 2. The molecule has 6 heteroatoms. The van der Waals surface area contributed by atoms with Crippen molar-refractivity contribution in [3.8, 4) is 10.6 Å². The highest BCUT2D eigenvalue weighted by Gasteiger charge is 2.33. The number of fused-ring (bicyclic) bond motifs is 1. The highest BCUT2D eigenvalue weighted by Crippen LogP contribution is 2.35. The molecule has 3 aromatic rings. The highest BCUT2D eigenvalue weighted by atomic mass is 32.1. The molecule has 1 aliphatic carbocycles. The van der Waals surface area contributed by atoms with Gasteiger partial charge in [-0.3, -0.25) is 0 Å². The minimum Gasteiger partial charge on any atom is -0.460 e. The Bertz CT molecular complexity index is 1090. The van der Waals surface area contributed by atoms with Gasteiger partial charge in [0.1, 0.15) is 6.10 Å². The van der Waals surface area contributed by atoms with Gasteiger partial charge in [0.2, 0.25) is 0 Å². The Morgan fingerprint density at radius 3 is 2.72 bits per heavy atom. The summed E-state index contributed by atoms with van der Waals surface area (Å²) in [7, 11) is 0. The molecule has 1 aromatic carbocycles. The maximum atomic E-state index is 12.9. The van der Waals surface area contributed by atoms with Crippen LogP contribution in [0.1, 0.15) is 50.4 Å². The predicted molar refractivity (Wildman–Crippen MR) is 127 cm³/mol. The monoisotopic (exact) mass is 451 g/mol. The molecule has 32 heavy (non-hydrogen) atoms. The van der Waals surface area contributed by atoms with Crippen LogP contribution < -0.4 is 0 Å². The van der Waals surface area contributed by atoms with E-state index < -0.39 is 11.9 Å². The molecule has 0 spiro atoms. The molecule has 0 radical (unpaired) electrons. The number of esters is 2. The zero-order chi connectivity index (χ0) is 22.7. The number of hydrogen-bond acceptors (Lipinski definition) is 6. The first kappa shape index (κ1) is 22.5. The summed E-state index contributed by atoms with van der Waals surface area (Å²) in [4.78, 5) is 31.1. The molecular weight excluding hydrogens is 422 g/mol. The first-order valence-corrected chi connectivity index (χ1v) is 12.1. The Morgan fingerprint density at radius 1 is 1.16 bits per heavy atom. The quantitative estimate of drug-likeness (QED) is 0.422. The van der Waals surface area contributed by atoms with Gasteiger partial charge in [-0.1, -0.05) is 51.5 Å². The Morgan fingerprint density at radius 2 is 1.97 bits per heavy atom. The second-order valence-corrected chi connectivity index (χ2v) is 9.93. The summed E-state index contributed by atoms with van der Waals surface area (Å²) in [6.07, 6.45) is 2.97. The van der Waals surface area contributed by atoms with Crippen LogP contribution in [-0.2, 0) is 14.3 Å². The van der Waals surface area contributed by atoms with Crippen LogP contribution in [-0.4, -0.2) is 29.6 Å². The second kappa shape index (κ2) is 9.82. The topological polar surface area (TPSA) is 65.5 Å². The van der Waals surface area contributed by atoms with Crippen LogP contribution in [0.4, 0.5) is 0 Å². The van der Waals surface area contributed by atoms with Crippen LogP contribution in [0, 0.1) is 17.8 Å². The van der Waals surface area contributed by atoms with Crippen molar-refractivity contribution in [2.45, 2.75) is 46.1 Å². The summed E-state index contributed by atoms with van der Waals surface area (Å²) in [6.45, 7) is 6.14. The largest absolute Gasteiger partial charge is 0.460 e. The Labute approximate surface area is 192 Å². The van der Waals surface area contributed by atoms with Crippen LogP contribution in [0.5, 0.6) is 0 Å². The molecule has 0 saturated heterocycles. The fourth-order valence-corrected chi connectivity index (χ4v) is 5.24. The van der Waals surface area contributed by atoms with E-state index in [1.54, 1.807) is 17.4 Å². The zero-order valence-electron chi connectivity index (χ0n) is 18.7. The number of nitrogens with zero attached hydrogens (tertiary/aromatic N) is 1. The van der Waals surface area contributed by atoms with Gasteiger partial charge in [-0.05, 0) is 54.2 Å². The SMILES string of the molecule is CC(C)[C@H]1CC[C@@H](C)C[C@H]1OC(=O)COC(=O)c1cc(-c2cccs2)nc2ccccc12. The van der Waals surface area contributed by atoms with Crippen LogP contribution in [0.3, 0.4) is 0 Å². The van der Waals surface area contributed by atoms with Crippen LogP contribution in [0.15, 0.2) is 47.8 Å². The number of benzene rings is 1. The van der Waals surface area contributed by atoms with Crippen molar-refractivity contribution in [1.29, 1.82) is 0 Å². The summed E-state index contributed by atoms with van der Waals surface area (Å²) in [5.41, 5.74) is 1.83. The molecule has 0 bridgehead atoms. The van der Waals surface area contributed by atoms with E-state index in [2.05, 4.69) is 25.8 Å². The maximum absolute atomic E-state index is 12.9. The molecule has 1 fully saturated rings. The van der Waals surface area contributed by atoms with Gasteiger partial charge >= 0.3 is 11.9 Å². The van der Waals surface area contributed by atoms with E-state index in [-0.39, 0.29) is 12.7 Å². The lowest BCUT2D eigenvalue weighted by atomic mass is 9.75. The van der Waals surface area contributed by atoms with Gasteiger partial charge in [0, 0.05) is 5.39 Å². The molecule has 0 N–H and O–H groups in total. The summed E-state index contributed by atoms with van der Waals surface area (Å²) in [5, 5.41) is 2.67. The van der Waals surface area contributed by atoms with E-state index in [1.165, 1.54) is 0 Å².